The summed E-state index contributed by atoms with van der Waals surface area (Å²) >= 11 is 0. The number of carbonyl (C=O) groups is 1. The fourth-order valence-electron chi connectivity index (χ4n) is 2.88. The normalized spacial score (nSPS) is 24.2. The third kappa shape index (κ3) is 4.05. The van der Waals surface area contributed by atoms with Crippen LogP contribution in [-0.4, -0.2) is 30.8 Å². The van der Waals surface area contributed by atoms with Crippen LogP contribution in [0.1, 0.15) is 37.3 Å². The van der Waals surface area contributed by atoms with Crippen LogP contribution in [0.25, 0.3) is 0 Å². The van der Waals surface area contributed by atoms with Crippen LogP contribution in [0, 0.1) is 5.92 Å². The molecule has 0 amide bonds. The molecule has 1 saturated carbocycles. The lowest BCUT2D eigenvalue weighted by molar-refractivity contribution is -0.142. The second kappa shape index (κ2) is 7.41. The van der Waals surface area contributed by atoms with E-state index in [0.29, 0.717) is 12.6 Å². The number of aliphatic carboxylic acids is 1. The van der Waals surface area contributed by atoms with Gasteiger partial charge < -0.3 is 15.2 Å². The maximum absolute atomic E-state index is 11.0. The second-order valence-electron chi connectivity index (χ2n) is 5.47. The number of nitrogens with one attached hydrogen (secondary N) is 1. The summed E-state index contributed by atoms with van der Waals surface area (Å²) in [6.07, 6.45) is 3.37. The summed E-state index contributed by atoms with van der Waals surface area (Å²) in [4.78, 5) is 11.0. The summed E-state index contributed by atoms with van der Waals surface area (Å²) in [5.74, 6) is -0.814. The molecule has 0 saturated heterocycles. The van der Waals surface area contributed by atoms with Crippen LogP contribution < -0.4 is 5.32 Å². The number of carboxylic acid groups (broad SMARTS) is 1. The lowest BCUT2D eigenvalue weighted by Gasteiger charge is -2.30. The van der Waals surface area contributed by atoms with Crippen LogP contribution in [0.4, 0.5) is 0 Å². The van der Waals surface area contributed by atoms with Crippen molar-refractivity contribution in [3.05, 3.63) is 35.9 Å². The minimum absolute atomic E-state index is 0.161. The Bertz CT molecular complexity index is 413. The standard InChI is InChI=1S/C16H23NO3/c1-20-11-15(12-5-3-2-4-6-12)17-14-9-7-13(8-10-14)16(18)19/h2-6,13-15,17H,7-11H2,1H3,(H,18,19). The van der Waals surface area contributed by atoms with Gasteiger partial charge in [-0.25, -0.2) is 0 Å². The van der Waals surface area contributed by atoms with Gasteiger partial charge in [0.1, 0.15) is 0 Å². The van der Waals surface area contributed by atoms with Gasteiger partial charge in [-0.1, -0.05) is 30.3 Å². The van der Waals surface area contributed by atoms with Crippen molar-refractivity contribution in [2.45, 2.75) is 37.8 Å². The molecule has 1 aliphatic rings. The van der Waals surface area contributed by atoms with E-state index in [2.05, 4.69) is 17.4 Å². The summed E-state index contributed by atoms with van der Waals surface area (Å²) in [5.41, 5.74) is 1.22. The topological polar surface area (TPSA) is 58.6 Å². The van der Waals surface area contributed by atoms with Crippen molar-refractivity contribution in [1.82, 2.24) is 5.32 Å². The van der Waals surface area contributed by atoms with Crippen LogP contribution in [0.15, 0.2) is 30.3 Å². The van der Waals surface area contributed by atoms with Crippen LogP contribution in [0.2, 0.25) is 0 Å². The van der Waals surface area contributed by atoms with Gasteiger partial charge in [-0.15, -0.1) is 0 Å². The van der Waals surface area contributed by atoms with E-state index in [0.717, 1.165) is 25.7 Å². The van der Waals surface area contributed by atoms with Gasteiger partial charge in [-0.3, -0.25) is 4.79 Å². The average molecular weight is 277 g/mol. The molecule has 1 fully saturated rings. The number of benzene rings is 1. The molecule has 4 heteroatoms. The Morgan fingerprint density at radius 3 is 2.50 bits per heavy atom. The van der Waals surface area contributed by atoms with Crippen molar-refractivity contribution >= 4 is 5.97 Å². The number of methoxy groups -OCH3 is 1. The van der Waals surface area contributed by atoms with Crippen molar-refractivity contribution in [3.63, 3.8) is 0 Å². The molecule has 110 valence electrons. The molecule has 0 aliphatic heterocycles. The first-order valence-corrected chi connectivity index (χ1v) is 7.23. The molecule has 2 rings (SSSR count). The molecular formula is C16H23NO3. The van der Waals surface area contributed by atoms with Gasteiger partial charge in [-0.05, 0) is 31.2 Å². The van der Waals surface area contributed by atoms with Crippen LogP contribution in [0.3, 0.4) is 0 Å². The summed E-state index contributed by atoms with van der Waals surface area (Å²) in [6.45, 7) is 0.628. The van der Waals surface area contributed by atoms with E-state index in [-0.39, 0.29) is 12.0 Å². The molecule has 0 spiro atoms. The Kier molecular flexibility index (Phi) is 5.56. The first kappa shape index (κ1) is 15.0. The first-order chi connectivity index (χ1) is 9.70. The second-order valence-corrected chi connectivity index (χ2v) is 5.47. The molecule has 0 radical (unpaired) electrons. The average Bonchev–Trinajstić information content (AvgIpc) is 2.48. The minimum atomic E-state index is -0.653. The Morgan fingerprint density at radius 2 is 1.95 bits per heavy atom. The third-order valence-electron chi connectivity index (χ3n) is 4.05. The quantitative estimate of drug-likeness (QED) is 0.839. The zero-order valence-electron chi connectivity index (χ0n) is 11.9. The lowest BCUT2D eigenvalue weighted by Crippen LogP contribution is -2.38. The van der Waals surface area contributed by atoms with E-state index in [1.165, 1.54) is 5.56 Å². The Hall–Kier alpha value is -1.39. The van der Waals surface area contributed by atoms with Gasteiger partial charge in [-0.2, -0.15) is 0 Å². The summed E-state index contributed by atoms with van der Waals surface area (Å²) < 4.78 is 5.30. The van der Waals surface area contributed by atoms with Crippen molar-refractivity contribution in [2.75, 3.05) is 13.7 Å². The molecule has 0 aromatic heterocycles. The van der Waals surface area contributed by atoms with E-state index in [4.69, 9.17) is 9.84 Å². The van der Waals surface area contributed by atoms with Crippen LogP contribution >= 0.6 is 0 Å². The molecule has 1 unspecified atom stereocenters. The summed E-state index contributed by atoms with van der Waals surface area (Å²) in [6, 6.07) is 10.8. The molecule has 1 atom stereocenters. The predicted molar refractivity (Wildman–Crippen MR) is 77.6 cm³/mol. The number of hydrogen-bond acceptors (Lipinski definition) is 3. The highest BCUT2D eigenvalue weighted by Gasteiger charge is 2.27. The molecule has 2 N–H and O–H groups in total. The molecular weight excluding hydrogens is 254 g/mol. The molecule has 0 heterocycles. The van der Waals surface area contributed by atoms with Gasteiger partial charge in [0.2, 0.25) is 0 Å². The number of ether oxygens (including phenoxy) is 1. The Labute approximate surface area is 120 Å². The van der Waals surface area contributed by atoms with Gasteiger partial charge in [0, 0.05) is 13.2 Å². The fourth-order valence-corrected chi connectivity index (χ4v) is 2.88. The molecule has 0 bridgehead atoms. The third-order valence-corrected chi connectivity index (χ3v) is 4.05. The van der Waals surface area contributed by atoms with Gasteiger partial charge >= 0.3 is 5.97 Å². The van der Waals surface area contributed by atoms with E-state index >= 15 is 0 Å². The summed E-state index contributed by atoms with van der Waals surface area (Å²) in [7, 11) is 1.71. The van der Waals surface area contributed by atoms with E-state index in [1.54, 1.807) is 7.11 Å². The Morgan fingerprint density at radius 1 is 1.30 bits per heavy atom. The first-order valence-electron chi connectivity index (χ1n) is 7.23. The van der Waals surface area contributed by atoms with Crippen molar-refractivity contribution in [2.24, 2.45) is 5.92 Å². The zero-order chi connectivity index (χ0) is 14.4. The van der Waals surface area contributed by atoms with Crippen molar-refractivity contribution in [1.29, 1.82) is 0 Å². The minimum Gasteiger partial charge on any atom is -0.481 e. The predicted octanol–water partition coefficient (Wildman–Crippen LogP) is 2.61. The maximum atomic E-state index is 11.0. The fraction of sp³-hybridized carbons (Fsp3) is 0.562. The van der Waals surface area contributed by atoms with Gasteiger partial charge in [0.15, 0.2) is 0 Å². The van der Waals surface area contributed by atoms with Gasteiger partial charge in [0.25, 0.3) is 0 Å². The molecule has 4 nitrogen and oxygen atoms in total. The Balaban J connectivity index is 1.91. The van der Waals surface area contributed by atoms with E-state index in [9.17, 15) is 4.79 Å². The largest absolute Gasteiger partial charge is 0.481 e. The highest BCUT2D eigenvalue weighted by atomic mass is 16.5. The zero-order valence-corrected chi connectivity index (χ0v) is 11.9. The molecule has 20 heavy (non-hydrogen) atoms. The SMILES string of the molecule is COCC(NC1CCC(C(=O)O)CC1)c1ccccc1. The van der Waals surface area contributed by atoms with E-state index in [1.807, 2.05) is 18.2 Å². The maximum Gasteiger partial charge on any atom is 0.306 e. The number of rotatable bonds is 6. The number of hydrogen-bond donors (Lipinski definition) is 2. The monoisotopic (exact) mass is 277 g/mol. The van der Waals surface area contributed by atoms with Crippen molar-refractivity contribution in [3.8, 4) is 0 Å². The highest BCUT2D eigenvalue weighted by molar-refractivity contribution is 5.70. The molecule has 1 aromatic rings. The summed E-state index contributed by atoms with van der Waals surface area (Å²) in [5, 5.41) is 12.6. The number of carboxylic acids is 1. The van der Waals surface area contributed by atoms with E-state index < -0.39 is 5.97 Å². The highest BCUT2D eigenvalue weighted by Crippen LogP contribution is 2.26. The lowest BCUT2D eigenvalue weighted by atomic mass is 9.85. The smallest absolute Gasteiger partial charge is 0.306 e. The van der Waals surface area contributed by atoms with Crippen molar-refractivity contribution < 1.29 is 14.6 Å². The molecule has 1 aliphatic carbocycles. The molecule has 1 aromatic carbocycles. The van der Waals surface area contributed by atoms with Gasteiger partial charge in [0.05, 0.1) is 18.6 Å². The van der Waals surface area contributed by atoms with Crippen LogP contribution in [-0.2, 0) is 9.53 Å². The van der Waals surface area contributed by atoms with Crippen LogP contribution in [0.5, 0.6) is 0 Å².